The summed E-state index contributed by atoms with van der Waals surface area (Å²) in [7, 11) is 0. The van der Waals surface area contributed by atoms with Crippen molar-refractivity contribution in [3.05, 3.63) is 29.3 Å². The van der Waals surface area contributed by atoms with Crippen molar-refractivity contribution in [1.82, 2.24) is 10.2 Å². The fourth-order valence-corrected chi connectivity index (χ4v) is 4.57. The number of aryl methyl sites for hydroxylation is 1. The summed E-state index contributed by atoms with van der Waals surface area (Å²) in [6, 6.07) is 5.96. The largest absolute Gasteiger partial charge is 0.493 e. The highest BCUT2D eigenvalue weighted by Crippen LogP contribution is 2.32. The molecule has 0 aliphatic carbocycles. The molecule has 130 valence electrons. The molecule has 1 aromatic rings. The number of hydrogen-bond acceptors (Lipinski definition) is 3. The topological polar surface area (TPSA) is 41.6 Å². The van der Waals surface area contributed by atoms with E-state index in [1.807, 2.05) is 12.1 Å². The Morgan fingerprint density at radius 2 is 1.83 bits per heavy atom. The highest BCUT2D eigenvalue weighted by Gasteiger charge is 2.29. The first-order valence-electron chi connectivity index (χ1n) is 9.57. The summed E-state index contributed by atoms with van der Waals surface area (Å²) < 4.78 is 5.65. The average Bonchev–Trinajstić information content (AvgIpc) is 2.68. The minimum Gasteiger partial charge on any atom is -0.493 e. The van der Waals surface area contributed by atoms with Crippen LogP contribution in [0.5, 0.6) is 5.75 Å². The molecular weight excluding hydrogens is 300 g/mol. The van der Waals surface area contributed by atoms with E-state index in [4.69, 9.17) is 4.74 Å². The Morgan fingerprint density at radius 1 is 1.08 bits per heavy atom. The molecule has 0 bridgehead atoms. The number of fused-ring (bicyclic) bond motifs is 1. The van der Waals surface area contributed by atoms with E-state index in [0.29, 0.717) is 0 Å². The van der Waals surface area contributed by atoms with E-state index in [0.717, 1.165) is 55.7 Å². The van der Waals surface area contributed by atoms with Gasteiger partial charge in [0.05, 0.1) is 6.61 Å². The van der Waals surface area contributed by atoms with Crippen LogP contribution in [-0.4, -0.2) is 43.6 Å². The second-order valence-electron chi connectivity index (χ2n) is 7.49. The number of hydrogen-bond donors (Lipinski definition) is 1. The number of benzene rings is 1. The van der Waals surface area contributed by atoms with Gasteiger partial charge in [-0.2, -0.15) is 0 Å². The molecule has 2 fully saturated rings. The van der Waals surface area contributed by atoms with Crippen molar-refractivity contribution >= 4 is 5.91 Å². The maximum atomic E-state index is 12.8. The van der Waals surface area contributed by atoms with Gasteiger partial charge in [0.1, 0.15) is 5.75 Å². The van der Waals surface area contributed by atoms with Crippen LogP contribution in [0.4, 0.5) is 0 Å². The molecule has 3 aliphatic rings. The van der Waals surface area contributed by atoms with Crippen LogP contribution < -0.4 is 10.1 Å². The third-order valence-corrected chi connectivity index (χ3v) is 6.03. The van der Waals surface area contributed by atoms with Crippen LogP contribution in [0.1, 0.15) is 48.0 Å². The highest BCUT2D eigenvalue weighted by atomic mass is 16.5. The second kappa shape index (κ2) is 7.14. The molecule has 4 nitrogen and oxygen atoms in total. The Morgan fingerprint density at radius 3 is 2.62 bits per heavy atom. The molecular formula is C20H28N2O2. The van der Waals surface area contributed by atoms with Crippen molar-refractivity contribution < 1.29 is 9.53 Å². The zero-order chi connectivity index (χ0) is 16.4. The Kier molecular flexibility index (Phi) is 4.74. The SMILES string of the molecule is O=C(c1ccc2c(c1)CCCO2)N1CCC(C2CCNCC2)CC1. The Balaban J connectivity index is 1.37. The number of rotatable bonds is 2. The van der Waals surface area contributed by atoms with E-state index in [1.54, 1.807) is 0 Å². The van der Waals surface area contributed by atoms with Gasteiger partial charge in [0, 0.05) is 18.7 Å². The molecule has 3 aliphatic heterocycles. The van der Waals surface area contributed by atoms with Crippen molar-refractivity contribution in [3.63, 3.8) is 0 Å². The summed E-state index contributed by atoms with van der Waals surface area (Å²) in [6.45, 7) is 4.97. The number of nitrogens with zero attached hydrogens (tertiary/aromatic N) is 1. The van der Waals surface area contributed by atoms with Crippen LogP contribution in [0, 0.1) is 11.8 Å². The van der Waals surface area contributed by atoms with Gasteiger partial charge in [-0.25, -0.2) is 0 Å². The lowest BCUT2D eigenvalue weighted by molar-refractivity contribution is 0.0642. The molecule has 0 spiro atoms. The van der Waals surface area contributed by atoms with Crippen molar-refractivity contribution in [2.45, 2.75) is 38.5 Å². The first-order valence-corrected chi connectivity index (χ1v) is 9.57. The van der Waals surface area contributed by atoms with E-state index < -0.39 is 0 Å². The quantitative estimate of drug-likeness (QED) is 0.908. The molecule has 0 aromatic heterocycles. The van der Waals surface area contributed by atoms with E-state index in [9.17, 15) is 4.79 Å². The predicted molar refractivity (Wildman–Crippen MR) is 94.5 cm³/mol. The van der Waals surface area contributed by atoms with Gasteiger partial charge in [-0.05, 0) is 87.2 Å². The summed E-state index contributed by atoms with van der Waals surface area (Å²) in [6.07, 6.45) is 7.03. The number of likely N-dealkylation sites (tertiary alicyclic amines) is 1. The van der Waals surface area contributed by atoms with Gasteiger partial charge in [-0.3, -0.25) is 4.79 Å². The van der Waals surface area contributed by atoms with Gasteiger partial charge >= 0.3 is 0 Å². The van der Waals surface area contributed by atoms with E-state index >= 15 is 0 Å². The third-order valence-electron chi connectivity index (χ3n) is 6.03. The lowest BCUT2D eigenvalue weighted by Crippen LogP contribution is -2.42. The van der Waals surface area contributed by atoms with Gasteiger partial charge in [-0.1, -0.05) is 0 Å². The van der Waals surface area contributed by atoms with E-state index in [1.165, 1.54) is 44.3 Å². The molecule has 1 amide bonds. The van der Waals surface area contributed by atoms with Crippen LogP contribution in [0.25, 0.3) is 0 Å². The van der Waals surface area contributed by atoms with Gasteiger partial charge < -0.3 is 15.0 Å². The molecule has 0 saturated carbocycles. The Labute approximate surface area is 144 Å². The molecule has 1 N–H and O–H groups in total. The summed E-state index contributed by atoms with van der Waals surface area (Å²) in [5, 5.41) is 3.45. The summed E-state index contributed by atoms with van der Waals surface area (Å²) in [5.41, 5.74) is 2.02. The first-order chi connectivity index (χ1) is 11.8. The fourth-order valence-electron chi connectivity index (χ4n) is 4.57. The molecule has 0 atom stereocenters. The van der Waals surface area contributed by atoms with Crippen LogP contribution in [0.15, 0.2) is 18.2 Å². The van der Waals surface area contributed by atoms with E-state index in [-0.39, 0.29) is 5.91 Å². The predicted octanol–water partition coefficient (Wildman–Crippen LogP) is 2.86. The fraction of sp³-hybridized carbons (Fsp3) is 0.650. The number of carbonyl (C=O) groups excluding carboxylic acids is 1. The monoisotopic (exact) mass is 328 g/mol. The molecule has 4 heteroatoms. The van der Waals surface area contributed by atoms with Crippen molar-refractivity contribution in [1.29, 1.82) is 0 Å². The number of carbonyl (C=O) groups is 1. The van der Waals surface area contributed by atoms with Crippen molar-refractivity contribution in [2.24, 2.45) is 11.8 Å². The van der Waals surface area contributed by atoms with Crippen LogP contribution in [0.2, 0.25) is 0 Å². The molecule has 0 radical (unpaired) electrons. The number of piperidine rings is 2. The maximum Gasteiger partial charge on any atom is 0.253 e. The van der Waals surface area contributed by atoms with Gasteiger partial charge in [0.25, 0.3) is 5.91 Å². The molecule has 2 saturated heterocycles. The molecule has 24 heavy (non-hydrogen) atoms. The average molecular weight is 328 g/mol. The van der Waals surface area contributed by atoms with E-state index in [2.05, 4.69) is 16.3 Å². The lowest BCUT2D eigenvalue weighted by Gasteiger charge is -2.38. The summed E-state index contributed by atoms with van der Waals surface area (Å²) >= 11 is 0. The first kappa shape index (κ1) is 15.9. The Hall–Kier alpha value is -1.55. The van der Waals surface area contributed by atoms with Gasteiger partial charge in [0.2, 0.25) is 0 Å². The zero-order valence-electron chi connectivity index (χ0n) is 14.4. The lowest BCUT2D eigenvalue weighted by atomic mass is 9.79. The zero-order valence-corrected chi connectivity index (χ0v) is 14.4. The molecule has 0 unspecified atom stereocenters. The smallest absolute Gasteiger partial charge is 0.253 e. The van der Waals surface area contributed by atoms with Crippen molar-refractivity contribution in [2.75, 3.05) is 32.8 Å². The van der Waals surface area contributed by atoms with Crippen LogP contribution >= 0.6 is 0 Å². The summed E-state index contributed by atoms with van der Waals surface area (Å²) in [5.74, 6) is 2.84. The second-order valence-corrected chi connectivity index (χ2v) is 7.49. The minimum atomic E-state index is 0.201. The van der Waals surface area contributed by atoms with Crippen LogP contribution in [0.3, 0.4) is 0 Å². The normalized spacial score (nSPS) is 22.8. The standard InChI is InChI=1S/C20H28N2O2/c23-20(18-3-4-19-17(14-18)2-1-13-24-19)22-11-7-16(8-12-22)15-5-9-21-10-6-15/h3-4,14-16,21H,1-2,5-13H2. The van der Waals surface area contributed by atoms with Crippen LogP contribution in [-0.2, 0) is 6.42 Å². The van der Waals surface area contributed by atoms with Gasteiger partial charge in [-0.15, -0.1) is 0 Å². The molecule has 1 aromatic carbocycles. The van der Waals surface area contributed by atoms with Gasteiger partial charge in [0.15, 0.2) is 0 Å². The molecule has 3 heterocycles. The number of ether oxygens (including phenoxy) is 1. The Bertz CT molecular complexity index is 587. The third kappa shape index (κ3) is 3.30. The van der Waals surface area contributed by atoms with Crippen molar-refractivity contribution in [3.8, 4) is 5.75 Å². The minimum absolute atomic E-state index is 0.201. The summed E-state index contributed by atoms with van der Waals surface area (Å²) in [4.78, 5) is 14.9. The number of nitrogens with one attached hydrogen (secondary N) is 1. The molecule has 4 rings (SSSR count). The number of amides is 1. The highest BCUT2D eigenvalue weighted by molar-refractivity contribution is 5.94. The maximum absolute atomic E-state index is 12.8.